The van der Waals surface area contributed by atoms with Crippen LogP contribution in [-0.2, 0) is 33.9 Å². The number of esters is 1. The van der Waals surface area contributed by atoms with Crippen LogP contribution >= 0.6 is 23.2 Å². The molecule has 2 aromatic rings. The Hall–Kier alpha value is -2.35. The summed E-state index contributed by atoms with van der Waals surface area (Å²) in [6, 6.07) is 7.56. The first-order valence-electron chi connectivity index (χ1n) is 7.54. The van der Waals surface area contributed by atoms with Crippen LogP contribution in [0.5, 0.6) is 5.75 Å². The van der Waals surface area contributed by atoms with Crippen LogP contribution in [0, 0.1) is 10.1 Å². The maximum absolute atomic E-state index is 12.1. The third kappa shape index (κ3) is 4.24. The van der Waals surface area contributed by atoms with Crippen molar-refractivity contribution in [2.45, 2.75) is 19.6 Å². The molecule has 0 radical (unpaired) electrons. The molecule has 0 unspecified atom stereocenters. The fraction of sp³-hybridized carbons (Fsp3) is 0.235. The summed E-state index contributed by atoms with van der Waals surface area (Å²) < 4.78 is 15.8. The van der Waals surface area contributed by atoms with Crippen molar-refractivity contribution in [1.29, 1.82) is 0 Å². The molecule has 0 aliphatic carbocycles. The first kappa shape index (κ1) is 18.4. The molecular formula is C17H13Cl2NO6. The standard InChI is InChI=1S/C17H13Cl2NO6/c18-14-2-1-10(3-15(14)19)4-16(21)25-8-12-6-13(20(22)23)5-11-7-24-9-26-17(11)12/h1-3,5-6H,4,7-9H2. The van der Waals surface area contributed by atoms with Gasteiger partial charge in [-0.3, -0.25) is 14.9 Å². The normalized spacial score (nSPS) is 12.8. The van der Waals surface area contributed by atoms with E-state index in [-0.39, 0.29) is 32.1 Å². The van der Waals surface area contributed by atoms with E-state index >= 15 is 0 Å². The highest BCUT2D eigenvalue weighted by atomic mass is 35.5. The molecule has 9 heteroatoms. The van der Waals surface area contributed by atoms with Crippen LogP contribution in [-0.4, -0.2) is 17.7 Å². The summed E-state index contributed by atoms with van der Waals surface area (Å²) in [5.74, 6) is -0.0557. The van der Waals surface area contributed by atoms with Gasteiger partial charge in [0.25, 0.3) is 5.69 Å². The number of fused-ring (bicyclic) bond motifs is 1. The number of hydrogen-bond acceptors (Lipinski definition) is 6. The van der Waals surface area contributed by atoms with E-state index in [1.165, 1.54) is 12.1 Å². The smallest absolute Gasteiger partial charge is 0.310 e. The Morgan fingerprint density at radius 2 is 2.04 bits per heavy atom. The van der Waals surface area contributed by atoms with Gasteiger partial charge in [0.05, 0.1) is 28.0 Å². The van der Waals surface area contributed by atoms with Gasteiger partial charge in [0, 0.05) is 23.3 Å². The Labute approximate surface area is 158 Å². The molecule has 26 heavy (non-hydrogen) atoms. The summed E-state index contributed by atoms with van der Waals surface area (Å²) in [5, 5.41) is 11.8. The molecule has 0 spiro atoms. The molecule has 0 amide bonds. The Balaban J connectivity index is 1.72. The van der Waals surface area contributed by atoms with E-state index in [1.54, 1.807) is 18.2 Å². The molecule has 136 valence electrons. The van der Waals surface area contributed by atoms with Crippen molar-refractivity contribution in [3.8, 4) is 5.75 Å². The van der Waals surface area contributed by atoms with Gasteiger partial charge in [0.1, 0.15) is 12.4 Å². The zero-order chi connectivity index (χ0) is 18.7. The fourth-order valence-electron chi connectivity index (χ4n) is 2.52. The van der Waals surface area contributed by atoms with Crippen LogP contribution in [0.25, 0.3) is 0 Å². The van der Waals surface area contributed by atoms with Crippen molar-refractivity contribution >= 4 is 34.9 Å². The summed E-state index contributed by atoms with van der Waals surface area (Å²) in [7, 11) is 0. The number of hydrogen-bond donors (Lipinski definition) is 0. The SMILES string of the molecule is O=C(Cc1ccc(Cl)c(Cl)c1)OCc1cc([N+](=O)[O-])cc2c1OCOC2. The second kappa shape index (κ2) is 7.90. The lowest BCUT2D eigenvalue weighted by atomic mass is 10.1. The van der Waals surface area contributed by atoms with Crippen LogP contribution in [0.4, 0.5) is 5.69 Å². The molecule has 0 saturated heterocycles. The zero-order valence-electron chi connectivity index (χ0n) is 13.4. The van der Waals surface area contributed by atoms with Crippen LogP contribution in [0.3, 0.4) is 0 Å². The van der Waals surface area contributed by atoms with Crippen LogP contribution in [0.1, 0.15) is 16.7 Å². The van der Waals surface area contributed by atoms with Gasteiger partial charge in [0.15, 0.2) is 6.79 Å². The number of nitrogens with zero attached hydrogens (tertiary/aromatic N) is 1. The summed E-state index contributed by atoms with van der Waals surface area (Å²) >= 11 is 11.8. The van der Waals surface area contributed by atoms with Crippen LogP contribution < -0.4 is 4.74 Å². The summed E-state index contributed by atoms with van der Waals surface area (Å²) in [6.45, 7) is 0.0838. The lowest BCUT2D eigenvalue weighted by molar-refractivity contribution is -0.385. The summed E-state index contributed by atoms with van der Waals surface area (Å²) in [5.41, 5.74) is 1.49. The lowest BCUT2D eigenvalue weighted by Gasteiger charge is -2.20. The van der Waals surface area contributed by atoms with Crippen LogP contribution in [0.15, 0.2) is 30.3 Å². The molecule has 0 aromatic heterocycles. The van der Waals surface area contributed by atoms with E-state index in [9.17, 15) is 14.9 Å². The minimum absolute atomic E-state index is 0.00201. The van der Waals surface area contributed by atoms with Gasteiger partial charge in [-0.15, -0.1) is 0 Å². The van der Waals surface area contributed by atoms with E-state index in [4.69, 9.17) is 37.4 Å². The number of halogens is 2. The van der Waals surface area contributed by atoms with E-state index in [0.29, 0.717) is 32.5 Å². The predicted molar refractivity (Wildman–Crippen MR) is 93.3 cm³/mol. The highest BCUT2D eigenvalue weighted by Gasteiger charge is 2.21. The van der Waals surface area contributed by atoms with Crippen molar-refractivity contribution in [2.75, 3.05) is 6.79 Å². The molecule has 2 aromatic carbocycles. The van der Waals surface area contributed by atoms with Crippen LogP contribution in [0.2, 0.25) is 10.0 Å². The van der Waals surface area contributed by atoms with E-state index in [2.05, 4.69) is 0 Å². The maximum atomic E-state index is 12.1. The van der Waals surface area contributed by atoms with Gasteiger partial charge in [0.2, 0.25) is 0 Å². The van der Waals surface area contributed by atoms with Gasteiger partial charge in [-0.05, 0) is 17.7 Å². The molecule has 0 fully saturated rings. The van der Waals surface area contributed by atoms with Crippen molar-refractivity contribution < 1.29 is 23.9 Å². The number of rotatable bonds is 5. The third-order valence-electron chi connectivity index (χ3n) is 3.70. The number of non-ortho nitro benzene ring substituents is 1. The number of carbonyl (C=O) groups is 1. The van der Waals surface area contributed by atoms with E-state index < -0.39 is 10.9 Å². The van der Waals surface area contributed by atoms with Crippen molar-refractivity contribution in [2.24, 2.45) is 0 Å². The van der Waals surface area contributed by atoms with Gasteiger partial charge in [-0.2, -0.15) is 0 Å². The Kier molecular flexibility index (Phi) is 5.61. The van der Waals surface area contributed by atoms with Crippen molar-refractivity contribution in [3.63, 3.8) is 0 Å². The summed E-state index contributed by atoms with van der Waals surface area (Å²) in [6.07, 6.45) is -0.00201. The van der Waals surface area contributed by atoms with E-state index in [0.717, 1.165) is 0 Å². The van der Waals surface area contributed by atoms with Crippen molar-refractivity contribution in [1.82, 2.24) is 0 Å². The average molecular weight is 398 g/mol. The molecule has 0 N–H and O–H groups in total. The minimum Gasteiger partial charge on any atom is -0.467 e. The van der Waals surface area contributed by atoms with Gasteiger partial charge >= 0.3 is 5.97 Å². The first-order chi connectivity index (χ1) is 12.4. The number of carbonyl (C=O) groups excluding carboxylic acids is 1. The molecule has 3 rings (SSSR count). The van der Waals surface area contributed by atoms with Gasteiger partial charge in [-0.25, -0.2) is 0 Å². The second-order valence-electron chi connectivity index (χ2n) is 5.55. The fourth-order valence-corrected chi connectivity index (χ4v) is 2.84. The van der Waals surface area contributed by atoms with Gasteiger partial charge in [-0.1, -0.05) is 29.3 Å². The molecule has 1 aliphatic heterocycles. The minimum atomic E-state index is -0.518. The molecular weight excluding hydrogens is 385 g/mol. The van der Waals surface area contributed by atoms with Gasteiger partial charge < -0.3 is 14.2 Å². The molecule has 0 atom stereocenters. The third-order valence-corrected chi connectivity index (χ3v) is 4.44. The highest BCUT2D eigenvalue weighted by Crippen LogP contribution is 2.33. The average Bonchev–Trinajstić information content (AvgIpc) is 2.62. The predicted octanol–water partition coefficient (Wildman–Crippen LogP) is 4.05. The molecule has 0 bridgehead atoms. The van der Waals surface area contributed by atoms with E-state index in [1.807, 2.05) is 0 Å². The number of nitro benzene ring substituents is 1. The highest BCUT2D eigenvalue weighted by molar-refractivity contribution is 6.42. The molecule has 0 saturated carbocycles. The molecule has 1 heterocycles. The summed E-state index contributed by atoms with van der Waals surface area (Å²) in [4.78, 5) is 22.6. The quantitative estimate of drug-likeness (QED) is 0.429. The topological polar surface area (TPSA) is 87.9 Å². The maximum Gasteiger partial charge on any atom is 0.310 e. The number of nitro groups is 1. The first-order valence-corrected chi connectivity index (χ1v) is 8.30. The molecule has 1 aliphatic rings. The largest absolute Gasteiger partial charge is 0.467 e. The zero-order valence-corrected chi connectivity index (χ0v) is 14.9. The Morgan fingerprint density at radius 1 is 1.23 bits per heavy atom. The number of ether oxygens (including phenoxy) is 3. The monoisotopic (exact) mass is 397 g/mol. The number of benzene rings is 2. The molecule has 7 nitrogen and oxygen atoms in total. The second-order valence-corrected chi connectivity index (χ2v) is 6.36. The Morgan fingerprint density at radius 3 is 2.77 bits per heavy atom. The Bertz CT molecular complexity index is 871. The van der Waals surface area contributed by atoms with Crippen molar-refractivity contribution in [3.05, 3.63) is 67.2 Å². The lowest BCUT2D eigenvalue weighted by Crippen LogP contribution is -2.15.